The third-order valence-electron chi connectivity index (χ3n) is 5.47. The number of aromatic nitrogens is 4. The first kappa shape index (κ1) is 15.9. The molecular formula is C19H21N5OS. The zero-order chi connectivity index (χ0) is 18.2. The van der Waals surface area contributed by atoms with Gasteiger partial charge in [0.25, 0.3) is 0 Å². The standard InChI is InChI=1S/C19H21N5OS/c1-9(2)24-15-6-13-12(5-11(15)19(3,4)18(24)25)20-17(21-13)16-10-7-26-8-14(10)22-23-16/h5-6,9H,7-8H2,1-4H3,(H,20,21)(H,22,23). The number of anilines is 1. The number of hydrogen-bond acceptors (Lipinski definition) is 4. The highest BCUT2D eigenvalue weighted by Gasteiger charge is 2.45. The van der Waals surface area contributed by atoms with E-state index >= 15 is 0 Å². The Hall–Kier alpha value is -2.28. The van der Waals surface area contributed by atoms with Crippen molar-refractivity contribution < 1.29 is 4.79 Å². The number of nitrogens with one attached hydrogen (secondary N) is 2. The number of imidazole rings is 1. The minimum atomic E-state index is -0.525. The van der Waals surface area contributed by atoms with Gasteiger partial charge in [-0.2, -0.15) is 16.9 Å². The number of benzene rings is 1. The Morgan fingerprint density at radius 2 is 2.08 bits per heavy atom. The van der Waals surface area contributed by atoms with Crippen LogP contribution in [0.15, 0.2) is 12.1 Å². The Bertz CT molecular complexity index is 1060. The van der Waals surface area contributed by atoms with Crippen LogP contribution in [0.2, 0.25) is 0 Å². The number of thioether (sulfide) groups is 1. The molecule has 0 atom stereocenters. The van der Waals surface area contributed by atoms with Crippen molar-refractivity contribution in [1.82, 2.24) is 20.2 Å². The fourth-order valence-electron chi connectivity index (χ4n) is 4.02. The Kier molecular flexibility index (Phi) is 3.14. The quantitative estimate of drug-likeness (QED) is 0.723. The lowest BCUT2D eigenvalue weighted by molar-refractivity contribution is -0.122. The molecule has 7 heteroatoms. The van der Waals surface area contributed by atoms with Crippen molar-refractivity contribution in [3.05, 3.63) is 29.0 Å². The van der Waals surface area contributed by atoms with Crippen molar-refractivity contribution >= 4 is 34.4 Å². The van der Waals surface area contributed by atoms with E-state index in [0.717, 1.165) is 45.3 Å². The lowest BCUT2D eigenvalue weighted by Crippen LogP contribution is -2.40. The largest absolute Gasteiger partial charge is 0.337 e. The predicted molar refractivity (Wildman–Crippen MR) is 104 cm³/mol. The minimum Gasteiger partial charge on any atom is -0.337 e. The average molecular weight is 367 g/mol. The number of carbonyl (C=O) groups excluding carboxylic acids is 1. The van der Waals surface area contributed by atoms with Gasteiger partial charge in [-0.25, -0.2) is 4.98 Å². The van der Waals surface area contributed by atoms with Gasteiger partial charge in [-0.3, -0.25) is 9.89 Å². The van der Waals surface area contributed by atoms with E-state index in [-0.39, 0.29) is 11.9 Å². The number of amides is 1. The normalized spacial score (nSPS) is 18.2. The summed E-state index contributed by atoms with van der Waals surface area (Å²) >= 11 is 1.89. The Morgan fingerprint density at radius 1 is 1.27 bits per heavy atom. The van der Waals surface area contributed by atoms with Gasteiger partial charge in [0, 0.05) is 28.8 Å². The maximum Gasteiger partial charge on any atom is 0.237 e. The van der Waals surface area contributed by atoms with Crippen LogP contribution in [0.5, 0.6) is 0 Å². The monoisotopic (exact) mass is 367 g/mol. The number of aromatic amines is 2. The van der Waals surface area contributed by atoms with Crippen LogP contribution in [0.25, 0.3) is 22.6 Å². The summed E-state index contributed by atoms with van der Waals surface area (Å²) in [4.78, 5) is 23.0. The zero-order valence-corrected chi connectivity index (χ0v) is 16.1. The molecule has 26 heavy (non-hydrogen) atoms. The summed E-state index contributed by atoms with van der Waals surface area (Å²) in [6.07, 6.45) is 0. The molecule has 1 amide bonds. The van der Waals surface area contributed by atoms with Gasteiger partial charge >= 0.3 is 0 Å². The van der Waals surface area contributed by atoms with Crippen LogP contribution in [0, 0.1) is 0 Å². The summed E-state index contributed by atoms with van der Waals surface area (Å²) < 4.78 is 0. The summed E-state index contributed by atoms with van der Waals surface area (Å²) in [5.41, 5.74) is 6.70. The molecule has 4 heterocycles. The van der Waals surface area contributed by atoms with Crippen LogP contribution in [0.1, 0.15) is 44.5 Å². The molecule has 2 aromatic heterocycles. The first-order valence-corrected chi connectivity index (χ1v) is 10.1. The van der Waals surface area contributed by atoms with Crippen LogP contribution in [0.3, 0.4) is 0 Å². The first-order valence-electron chi connectivity index (χ1n) is 8.90. The summed E-state index contributed by atoms with van der Waals surface area (Å²) in [6.45, 7) is 8.09. The van der Waals surface area contributed by atoms with Crippen molar-refractivity contribution in [2.24, 2.45) is 0 Å². The smallest absolute Gasteiger partial charge is 0.237 e. The third-order valence-corrected chi connectivity index (χ3v) is 6.46. The van der Waals surface area contributed by atoms with E-state index in [1.807, 2.05) is 50.4 Å². The van der Waals surface area contributed by atoms with E-state index in [1.54, 1.807) is 0 Å². The van der Waals surface area contributed by atoms with Crippen molar-refractivity contribution in [2.45, 2.75) is 50.7 Å². The summed E-state index contributed by atoms with van der Waals surface area (Å²) in [6, 6.07) is 4.24. The molecular weight excluding hydrogens is 346 g/mol. The Balaban J connectivity index is 1.69. The molecule has 0 spiro atoms. The van der Waals surface area contributed by atoms with Gasteiger partial charge in [-0.05, 0) is 45.4 Å². The highest BCUT2D eigenvalue weighted by atomic mass is 32.2. The molecule has 3 aromatic rings. The van der Waals surface area contributed by atoms with Gasteiger partial charge in [-0.15, -0.1) is 0 Å². The molecule has 0 saturated carbocycles. The molecule has 2 aliphatic heterocycles. The number of H-pyrrole nitrogens is 2. The third kappa shape index (κ3) is 1.97. The fourth-order valence-corrected chi connectivity index (χ4v) is 5.08. The summed E-state index contributed by atoms with van der Waals surface area (Å²) in [7, 11) is 0. The topological polar surface area (TPSA) is 77.7 Å². The van der Waals surface area contributed by atoms with Crippen LogP contribution >= 0.6 is 11.8 Å². The minimum absolute atomic E-state index is 0.116. The van der Waals surface area contributed by atoms with Gasteiger partial charge in [-0.1, -0.05) is 0 Å². The molecule has 1 aromatic carbocycles. The van der Waals surface area contributed by atoms with E-state index in [2.05, 4.69) is 21.2 Å². The van der Waals surface area contributed by atoms with Crippen molar-refractivity contribution in [3.63, 3.8) is 0 Å². The molecule has 0 saturated heterocycles. The molecule has 2 aliphatic rings. The Labute approximate surface area is 155 Å². The number of fused-ring (bicyclic) bond motifs is 3. The molecule has 0 unspecified atom stereocenters. The van der Waals surface area contributed by atoms with E-state index in [0.29, 0.717) is 0 Å². The fraction of sp³-hybridized carbons (Fsp3) is 0.421. The van der Waals surface area contributed by atoms with Gasteiger partial charge < -0.3 is 9.88 Å². The number of nitrogens with zero attached hydrogens (tertiary/aromatic N) is 3. The van der Waals surface area contributed by atoms with E-state index in [4.69, 9.17) is 4.98 Å². The van der Waals surface area contributed by atoms with Gasteiger partial charge in [0.2, 0.25) is 5.91 Å². The molecule has 0 aliphatic carbocycles. The van der Waals surface area contributed by atoms with Crippen molar-refractivity contribution in [1.29, 1.82) is 0 Å². The van der Waals surface area contributed by atoms with Gasteiger partial charge in [0.15, 0.2) is 5.82 Å². The van der Waals surface area contributed by atoms with Gasteiger partial charge in [0.1, 0.15) is 5.69 Å². The van der Waals surface area contributed by atoms with Crippen molar-refractivity contribution in [2.75, 3.05) is 4.90 Å². The molecule has 0 fully saturated rings. The second-order valence-corrected chi connectivity index (χ2v) is 8.87. The van der Waals surface area contributed by atoms with E-state index in [1.165, 1.54) is 11.3 Å². The van der Waals surface area contributed by atoms with Crippen LogP contribution in [-0.2, 0) is 21.7 Å². The SMILES string of the molecule is CC(C)N1C(=O)C(C)(C)c2cc3[nH]c(-c4n[nH]c5c4CSC5)nc3cc21. The average Bonchev–Trinajstić information content (AvgIpc) is 3.29. The second kappa shape index (κ2) is 5.13. The maximum atomic E-state index is 12.9. The molecule has 2 N–H and O–H groups in total. The van der Waals surface area contributed by atoms with E-state index in [9.17, 15) is 4.79 Å². The molecule has 5 rings (SSSR count). The van der Waals surface area contributed by atoms with E-state index < -0.39 is 5.41 Å². The van der Waals surface area contributed by atoms with Gasteiger partial charge in [0.05, 0.1) is 22.1 Å². The maximum absolute atomic E-state index is 12.9. The summed E-state index contributed by atoms with van der Waals surface area (Å²) in [5, 5.41) is 7.60. The lowest BCUT2D eigenvalue weighted by Gasteiger charge is -2.24. The predicted octanol–water partition coefficient (Wildman–Crippen LogP) is 3.73. The number of rotatable bonds is 2. The molecule has 0 bridgehead atoms. The molecule has 6 nitrogen and oxygen atoms in total. The van der Waals surface area contributed by atoms with Crippen LogP contribution in [-0.4, -0.2) is 32.1 Å². The summed E-state index contributed by atoms with van der Waals surface area (Å²) in [5.74, 6) is 2.90. The zero-order valence-electron chi connectivity index (χ0n) is 15.3. The van der Waals surface area contributed by atoms with Crippen molar-refractivity contribution in [3.8, 4) is 11.5 Å². The molecule has 134 valence electrons. The first-order chi connectivity index (χ1) is 12.4. The Morgan fingerprint density at radius 3 is 2.85 bits per heavy atom. The highest BCUT2D eigenvalue weighted by Crippen LogP contribution is 2.44. The second-order valence-electron chi connectivity index (χ2n) is 7.89. The highest BCUT2D eigenvalue weighted by molar-refractivity contribution is 7.98. The number of hydrogen-bond donors (Lipinski definition) is 2. The van der Waals surface area contributed by atoms with Crippen LogP contribution in [0.4, 0.5) is 5.69 Å². The number of carbonyl (C=O) groups is 1. The van der Waals surface area contributed by atoms with Crippen LogP contribution < -0.4 is 4.90 Å². The lowest BCUT2D eigenvalue weighted by atomic mass is 9.86. The molecule has 0 radical (unpaired) electrons.